The first-order chi connectivity index (χ1) is 12.6. The fourth-order valence-corrected chi connectivity index (χ4v) is 3.54. The van der Waals surface area contributed by atoms with Gasteiger partial charge in [-0.25, -0.2) is 9.37 Å². The van der Waals surface area contributed by atoms with Crippen LogP contribution in [-0.4, -0.2) is 33.1 Å². The number of carbonyl (C=O) groups excluding carboxylic acids is 1. The summed E-state index contributed by atoms with van der Waals surface area (Å²) < 4.78 is 19.0. The summed E-state index contributed by atoms with van der Waals surface area (Å²) >= 11 is 0. The maximum Gasteiger partial charge on any atom is 0.316 e. The largest absolute Gasteiger partial charge is 0.467 e. The zero-order valence-corrected chi connectivity index (χ0v) is 14.4. The van der Waals surface area contributed by atoms with Crippen LogP contribution in [0.5, 0.6) is 6.01 Å². The first kappa shape index (κ1) is 16.4. The highest BCUT2D eigenvalue weighted by Crippen LogP contribution is 2.37. The standard InChI is InChI=1S/C19H17FN4O2/c1-10-18-16(24-23-10)7-11(8-17(18)25)13-4-3-12(20)9-14(13)15-5-6-21-19(22-15)26-2/h3-6,9,11H,7-8H2,1-2H3,(H,23,24). The number of benzene rings is 1. The molecule has 2 aromatic heterocycles. The number of carbonyl (C=O) groups is 1. The van der Waals surface area contributed by atoms with Gasteiger partial charge < -0.3 is 4.74 Å². The average Bonchev–Trinajstić information content (AvgIpc) is 3.03. The molecule has 0 bridgehead atoms. The first-order valence-electron chi connectivity index (χ1n) is 8.30. The molecule has 1 aliphatic carbocycles. The van der Waals surface area contributed by atoms with Crippen molar-refractivity contribution in [2.24, 2.45) is 0 Å². The van der Waals surface area contributed by atoms with Crippen molar-refractivity contribution in [2.45, 2.75) is 25.7 Å². The van der Waals surface area contributed by atoms with Crippen molar-refractivity contribution in [3.05, 3.63) is 58.8 Å². The number of halogens is 1. The van der Waals surface area contributed by atoms with E-state index < -0.39 is 0 Å². The highest BCUT2D eigenvalue weighted by atomic mass is 19.1. The van der Waals surface area contributed by atoms with Crippen molar-refractivity contribution in [1.82, 2.24) is 20.2 Å². The second-order valence-electron chi connectivity index (χ2n) is 6.36. The Morgan fingerprint density at radius 1 is 1.27 bits per heavy atom. The van der Waals surface area contributed by atoms with Crippen molar-refractivity contribution in [3.8, 4) is 17.3 Å². The summed E-state index contributed by atoms with van der Waals surface area (Å²) in [4.78, 5) is 20.9. The van der Waals surface area contributed by atoms with Gasteiger partial charge in [0, 0.05) is 23.9 Å². The van der Waals surface area contributed by atoms with Crippen molar-refractivity contribution >= 4 is 5.78 Å². The molecule has 132 valence electrons. The molecule has 0 aliphatic heterocycles. The maximum atomic E-state index is 13.9. The molecule has 3 aromatic rings. The number of Topliss-reactive ketones (excluding diaryl/α,β-unsaturated/α-hetero) is 1. The Bertz CT molecular complexity index is 999. The van der Waals surface area contributed by atoms with Crippen LogP contribution in [0.15, 0.2) is 30.5 Å². The molecule has 26 heavy (non-hydrogen) atoms. The third kappa shape index (κ3) is 2.75. The van der Waals surface area contributed by atoms with E-state index in [1.165, 1.54) is 19.2 Å². The zero-order chi connectivity index (χ0) is 18.3. The fourth-order valence-electron chi connectivity index (χ4n) is 3.54. The minimum absolute atomic E-state index is 0.0537. The molecular weight excluding hydrogens is 335 g/mol. The monoisotopic (exact) mass is 352 g/mol. The number of methoxy groups -OCH3 is 1. The lowest BCUT2D eigenvalue weighted by molar-refractivity contribution is 0.0963. The van der Waals surface area contributed by atoms with E-state index in [0.29, 0.717) is 29.7 Å². The number of aryl methyl sites for hydroxylation is 1. The highest BCUT2D eigenvalue weighted by Gasteiger charge is 2.31. The number of fused-ring (bicyclic) bond motifs is 1. The molecule has 0 saturated heterocycles. The Morgan fingerprint density at radius 3 is 2.92 bits per heavy atom. The summed E-state index contributed by atoms with van der Waals surface area (Å²) in [5.74, 6) is -0.396. The van der Waals surface area contributed by atoms with Gasteiger partial charge in [0.1, 0.15) is 5.82 Å². The molecule has 1 aromatic carbocycles. The van der Waals surface area contributed by atoms with Gasteiger partial charge in [0.25, 0.3) is 0 Å². The molecule has 0 amide bonds. The first-order valence-corrected chi connectivity index (χ1v) is 8.30. The van der Waals surface area contributed by atoms with Gasteiger partial charge in [-0.3, -0.25) is 9.89 Å². The number of aromatic amines is 1. The minimum atomic E-state index is -0.361. The second kappa shape index (κ2) is 6.33. The van der Waals surface area contributed by atoms with Crippen molar-refractivity contribution in [2.75, 3.05) is 7.11 Å². The van der Waals surface area contributed by atoms with Gasteiger partial charge in [0.2, 0.25) is 0 Å². The lowest BCUT2D eigenvalue weighted by Gasteiger charge is -2.23. The third-order valence-electron chi connectivity index (χ3n) is 4.72. The lowest BCUT2D eigenvalue weighted by Crippen LogP contribution is -2.19. The van der Waals surface area contributed by atoms with Crippen LogP contribution in [0, 0.1) is 12.7 Å². The van der Waals surface area contributed by atoms with E-state index in [9.17, 15) is 9.18 Å². The quantitative estimate of drug-likeness (QED) is 0.783. The van der Waals surface area contributed by atoms with E-state index in [-0.39, 0.29) is 23.5 Å². The molecule has 1 unspecified atom stereocenters. The molecule has 0 spiro atoms. The molecule has 0 radical (unpaired) electrons. The molecule has 2 heterocycles. The van der Waals surface area contributed by atoms with E-state index >= 15 is 0 Å². The summed E-state index contributed by atoms with van der Waals surface area (Å²) in [5, 5.41) is 7.15. The number of aromatic nitrogens is 4. The predicted octanol–water partition coefficient (Wildman–Crippen LogP) is 3.24. The molecule has 4 rings (SSSR count). The molecule has 7 heteroatoms. The molecule has 0 fully saturated rings. The SMILES string of the molecule is COc1nccc(-c2cc(F)ccc2C2CC(=O)c3c(n[nH]c3C)C2)n1. The number of ether oxygens (including phenoxy) is 1. The summed E-state index contributed by atoms with van der Waals surface area (Å²) in [6.45, 7) is 1.85. The van der Waals surface area contributed by atoms with Crippen LogP contribution in [0.1, 0.15) is 39.6 Å². The number of nitrogens with zero attached hydrogens (tertiary/aromatic N) is 3. The van der Waals surface area contributed by atoms with E-state index in [2.05, 4.69) is 20.2 Å². The Balaban J connectivity index is 1.79. The number of H-pyrrole nitrogens is 1. The van der Waals surface area contributed by atoms with E-state index in [1.807, 2.05) is 6.92 Å². The van der Waals surface area contributed by atoms with Gasteiger partial charge >= 0.3 is 6.01 Å². The molecular formula is C19H17FN4O2. The average molecular weight is 352 g/mol. The van der Waals surface area contributed by atoms with Gasteiger partial charge in [0.05, 0.1) is 24.1 Å². The summed E-state index contributed by atoms with van der Waals surface area (Å²) in [6.07, 6.45) is 2.54. The van der Waals surface area contributed by atoms with Gasteiger partial charge in [-0.15, -0.1) is 0 Å². The lowest BCUT2D eigenvalue weighted by atomic mass is 9.79. The zero-order valence-electron chi connectivity index (χ0n) is 14.4. The number of hydrogen-bond donors (Lipinski definition) is 1. The van der Waals surface area contributed by atoms with Crippen molar-refractivity contribution in [1.29, 1.82) is 0 Å². The van der Waals surface area contributed by atoms with E-state index in [1.54, 1.807) is 18.3 Å². The Hall–Kier alpha value is -3.09. The van der Waals surface area contributed by atoms with Crippen LogP contribution in [-0.2, 0) is 6.42 Å². The Kier molecular flexibility index (Phi) is 3.99. The maximum absolute atomic E-state index is 13.9. The molecule has 1 atom stereocenters. The smallest absolute Gasteiger partial charge is 0.316 e. The van der Waals surface area contributed by atoms with Crippen LogP contribution < -0.4 is 4.74 Å². The molecule has 6 nitrogen and oxygen atoms in total. The Labute approximate surface area is 149 Å². The van der Waals surface area contributed by atoms with E-state index in [0.717, 1.165) is 17.0 Å². The van der Waals surface area contributed by atoms with Crippen LogP contribution in [0.3, 0.4) is 0 Å². The molecule has 0 saturated carbocycles. The van der Waals surface area contributed by atoms with Crippen LogP contribution in [0.2, 0.25) is 0 Å². The summed E-state index contributed by atoms with van der Waals surface area (Å²) in [6, 6.07) is 6.49. The number of nitrogens with one attached hydrogen (secondary N) is 1. The predicted molar refractivity (Wildman–Crippen MR) is 92.7 cm³/mol. The summed E-state index contributed by atoms with van der Waals surface area (Å²) in [5.41, 5.74) is 4.31. The second-order valence-corrected chi connectivity index (χ2v) is 6.36. The number of rotatable bonds is 3. The van der Waals surface area contributed by atoms with Crippen molar-refractivity contribution in [3.63, 3.8) is 0 Å². The number of ketones is 1. The van der Waals surface area contributed by atoms with Gasteiger partial charge in [0.15, 0.2) is 5.78 Å². The molecule has 1 N–H and O–H groups in total. The Morgan fingerprint density at radius 2 is 2.12 bits per heavy atom. The molecule has 1 aliphatic rings. The van der Waals surface area contributed by atoms with Crippen LogP contribution >= 0.6 is 0 Å². The van der Waals surface area contributed by atoms with Crippen LogP contribution in [0.4, 0.5) is 4.39 Å². The van der Waals surface area contributed by atoms with Crippen LogP contribution in [0.25, 0.3) is 11.3 Å². The number of hydrogen-bond acceptors (Lipinski definition) is 5. The van der Waals surface area contributed by atoms with Gasteiger partial charge in [-0.2, -0.15) is 10.1 Å². The fraction of sp³-hybridized carbons (Fsp3) is 0.263. The van der Waals surface area contributed by atoms with Gasteiger partial charge in [-0.1, -0.05) is 6.07 Å². The topological polar surface area (TPSA) is 80.8 Å². The van der Waals surface area contributed by atoms with Crippen molar-refractivity contribution < 1.29 is 13.9 Å². The normalized spacial score (nSPS) is 16.4. The highest BCUT2D eigenvalue weighted by molar-refractivity contribution is 6.00. The minimum Gasteiger partial charge on any atom is -0.467 e. The third-order valence-corrected chi connectivity index (χ3v) is 4.72. The summed E-state index contributed by atoms with van der Waals surface area (Å²) in [7, 11) is 1.48. The van der Waals surface area contributed by atoms with E-state index in [4.69, 9.17) is 4.74 Å². The van der Waals surface area contributed by atoms with Gasteiger partial charge in [-0.05, 0) is 43.0 Å².